The van der Waals surface area contributed by atoms with Gasteiger partial charge in [-0.2, -0.15) is 0 Å². The fourth-order valence-corrected chi connectivity index (χ4v) is 2.66. The van der Waals surface area contributed by atoms with E-state index in [1.54, 1.807) is 0 Å². The minimum absolute atomic E-state index is 0.169. The summed E-state index contributed by atoms with van der Waals surface area (Å²) in [5.41, 5.74) is 2.45. The van der Waals surface area contributed by atoms with Gasteiger partial charge in [-0.15, -0.1) is 0 Å². The Morgan fingerprint density at radius 1 is 1.31 bits per heavy atom. The molecule has 1 fully saturated rings. The molecule has 0 saturated carbocycles. The van der Waals surface area contributed by atoms with Gasteiger partial charge in [-0.1, -0.05) is 36.5 Å². The molecule has 16 heavy (non-hydrogen) atoms. The SMILES string of the molecule is CC1=CC=CC2C3=CC=CCC=C3OC12C. The minimum atomic E-state index is -0.169. The monoisotopic (exact) mass is 212 g/mol. The van der Waals surface area contributed by atoms with Crippen molar-refractivity contribution >= 4 is 0 Å². The molecule has 1 heterocycles. The number of fused-ring (bicyclic) bond motifs is 3. The Bertz CT molecular complexity index is 474. The Kier molecular flexibility index (Phi) is 1.97. The lowest BCUT2D eigenvalue weighted by molar-refractivity contribution is 0.0713. The standard InChI is InChI=1S/C15H16O/c1-11-7-6-9-13-12-8-4-3-5-10-14(12)16-15(11,13)2/h3-4,6-10,13H,5H2,1-2H3. The van der Waals surface area contributed by atoms with Crippen molar-refractivity contribution in [2.75, 3.05) is 0 Å². The summed E-state index contributed by atoms with van der Waals surface area (Å²) in [5, 5.41) is 0. The predicted octanol–water partition coefficient (Wildman–Crippen LogP) is 3.68. The third kappa shape index (κ3) is 1.18. The maximum absolute atomic E-state index is 6.18. The van der Waals surface area contributed by atoms with E-state index in [0.717, 1.165) is 12.2 Å². The molecule has 1 heteroatoms. The largest absolute Gasteiger partial charge is 0.482 e. The van der Waals surface area contributed by atoms with Gasteiger partial charge in [0, 0.05) is 11.5 Å². The molecule has 0 bridgehead atoms. The average Bonchev–Trinajstić information content (AvgIpc) is 2.44. The zero-order valence-corrected chi connectivity index (χ0v) is 9.73. The van der Waals surface area contributed by atoms with Gasteiger partial charge in [-0.05, 0) is 31.9 Å². The molecule has 0 aromatic carbocycles. The summed E-state index contributed by atoms with van der Waals surface area (Å²) in [4.78, 5) is 0. The first-order chi connectivity index (χ1) is 7.72. The Morgan fingerprint density at radius 3 is 3.06 bits per heavy atom. The van der Waals surface area contributed by atoms with Crippen molar-refractivity contribution < 1.29 is 4.74 Å². The summed E-state index contributed by atoms with van der Waals surface area (Å²) in [6.45, 7) is 4.34. The fourth-order valence-electron chi connectivity index (χ4n) is 2.66. The molecule has 2 atom stereocenters. The molecule has 0 spiro atoms. The van der Waals surface area contributed by atoms with Crippen LogP contribution in [0.1, 0.15) is 20.3 Å². The van der Waals surface area contributed by atoms with Gasteiger partial charge in [0.25, 0.3) is 0 Å². The van der Waals surface area contributed by atoms with E-state index < -0.39 is 0 Å². The number of hydrogen-bond acceptors (Lipinski definition) is 1. The van der Waals surface area contributed by atoms with E-state index in [9.17, 15) is 0 Å². The summed E-state index contributed by atoms with van der Waals surface area (Å²) in [5.74, 6) is 1.43. The molecule has 1 nitrogen and oxygen atoms in total. The molecule has 2 unspecified atom stereocenters. The summed E-state index contributed by atoms with van der Waals surface area (Å²) in [6.07, 6.45) is 16.2. The van der Waals surface area contributed by atoms with E-state index in [0.29, 0.717) is 5.92 Å². The normalized spacial score (nSPS) is 35.4. The molecule has 2 aliphatic carbocycles. The van der Waals surface area contributed by atoms with Gasteiger partial charge in [0.05, 0.1) is 0 Å². The summed E-state index contributed by atoms with van der Waals surface area (Å²) in [6, 6.07) is 0. The molecule has 0 N–H and O–H groups in total. The fraction of sp³-hybridized carbons (Fsp3) is 0.333. The lowest BCUT2D eigenvalue weighted by Gasteiger charge is -2.31. The third-order valence-corrected chi connectivity index (χ3v) is 3.82. The van der Waals surface area contributed by atoms with Gasteiger partial charge >= 0.3 is 0 Å². The molecule has 0 amide bonds. The smallest absolute Gasteiger partial charge is 0.138 e. The highest BCUT2D eigenvalue weighted by atomic mass is 16.5. The molecule has 0 aromatic rings. The molecule has 82 valence electrons. The molecule has 3 aliphatic rings. The highest BCUT2D eigenvalue weighted by molar-refractivity contribution is 5.48. The second-order valence-corrected chi connectivity index (χ2v) is 4.78. The summed E-state index contributed by atoms with van der Waals surface area (Å²) < 4.78 is 6.18. The zero-order valence-electron chi connectivity index (χ0n) is 9.73. The lowest BCUT2D eigenvalue weighted by atomic mass is 9.77. The van der Waals surface area contributed by atoms with Crippen LogP contribution in [0.4, 0.5) is 0 Å². The van der Waals surface area contributed by atoms with Crippen LogP contribution in [0.5, 0.6) is 0 Å². The van der Waals surface area contributed by atoms with Crippen LogP contribution in [-0.4, -0.2) is 5.60 Å². The maximum atomic E-state index is 6.18. The van der Waals surface area contributed by atoms with E-state index in [1.165, 1.54) is 11.1 Å². The van der Waals surface area contributed by atoms with Crippen molar-refractivity contribution in [3.63, 3.8) is 0 Å². The van der Waals surface area contributed by atoms with Gasteiger partial charge in [0.1, 0.15) is 11.4 Å². The van der Waals surface area contributed by atoms with E-state index in [1.807, 2.05) is 0 Å². The van der Waals surface area contributed by atoms with Crippen LogP contribution in [0.25, 0.3) is 0 Å². The van der Waals surface area contributed by atoms with Crippen LogP contribution in [0.3, 0.4) is 0 Å². The molecule has 3 rings (SSSR count). The van der Waals surface area contributed by atoms with E-state index in [4.69, 9.17) is 4.74 Å². The van der Waals surface area contributed by atoms with Crippen LogP contribution >= 0.6 is 0 Å². The van der Waals surface area contributed by atoms with Crippen molar-refractivity contribution in [3.8, 4) is 0 Å². The highest BCUT2D eigenvalue weighted by Crippen LogP contribution is 2.49. The first kappa shape index (κ1) is 9.71. The quantitative estimate of drug-likeness (QED) is 0.595. The van der Waals surface area contributed by atoms with Crippen molar-refractivity contribution in [1.82, 2.24) is 0 Å². The van der Waals surface area contributed by atoms with E-state index in [2.05, 4.69) is 56.4 Å². The number of hydrogen-bond donors (Lipinski definition) is 0. The molecule has 0 radical (unpaired) electrons. The molecular formula is C15H16O. The first-order valence-corrected chi connectivity index (χ1v) is 5.83. The predicted molar refractivity (Wildman–Crippen MR) is 65.8 cm³/mol. The number of rotatable bonds is 0. The van der Waals surface area contributed by atoms with Crippen LogP contribution in [0.2, 0.25) is 0 Å². The van der Waals surface area contributed by atoms with Crippen LogP contribution in [0.15, 0.2) is 59.4 Å². The van der Waals surface area contributed by atoms with Gasteiger partial charge in [0.15, 0.2) is 0 Å². The van der Waals surface area contributed by atoms with Gasteiger partial charge in [-0.3, -0.25) is 0 Å². The summed E-state index contributed by atoms with van der Waals surface area (Å²) >= 11 is 0. The Morgan fingerprint density at radius 2 is 2.19 bits per heavy atom. The molecule has 0 aromatic heterocycles. The van der Waals surface area contributed by atoms with Crippen molar-refractivity contribution in [2.24, 2.45) is 5.92 Å². The number of allylic oxidation sites excluding steroid dienone is 7. The number of ether oxygens (including phenoxy) is 1. The summed E-state index contributed by atoms with van der Waals surface area (Å²) in [7, 11) is 0. The lowest BCUT2D eigenvalue weighted by Crippen LogP contribution is -2.33. The Hall–Kier alpha value is -1.50. The van der Waals surface area contributed by atoms with Crippen molar-refractivity contribution in [3.05, 3.63) is 59.4 Å². The van der Waals surface area contributed by atoms with Crippen molar-refractivity contribution in [2.45, 2.75) is 25.9 Å². The average molecular weight is 212 g/mol. The second-order valence-electron chi connectivity index (χ2n) is 4.78. The van der Waals surface area contributed by atoms with Gasteiger partial charge < -0.3 is 4.74 Å². The van der Waals surface area contributed by atoms with Crippen LogP contribution < -0.4 is 0 Å². The van der Waals surface area contributed by atoms with E-state index in [-0.39, 0.29) is 5.60 Å². The van der Waals surface area contributed by atoms with Crippen LogP contribution in [0, 0.1) is 5.92 Å². The Balaban J connectivity index is 2.13. The van der Waals surface area contributed by atoms with Crippen LogP contribution in [-0.2, 0) is 4.74 Å². The minimum Gasteiger partial charge on any atom is -0.482 e. The van der Waals surface area contributed by atoms with Gasteiger partial charge in [0.2, 0.25) is 0 Å². The zero-order chi connectivity index (χ0) is 11.2. The molecular weight excluding hydrogens is 196 g/mol. The van der Waals surface area contributed by atoms with Gasteiger partial charge in [-0.25, -0.2) is 0 Å². The third-order valence-electron chi connectivity index (χ3n) is 3.82. The highest BCUT2D eigenvalue weighted by Gasteiger charge is 2.47. The van der Waals surface area contributed by atoms with Crippen molar-refractivity contribution in [1.29, 1.82) is 0 Å². The second kappa shape index (κ2) is 3.24. The Labute approximate surface area is 96.5 Å². The topological polar surface area (TPSA) is 9.23 Å². The molecule has 1 saturated heterocycles. The maximum Gasteiger partial charge on any atom is 0.138 e. The molecule has 1 aliphatic heterocycles. The van der Waals surface area contributed by atoms with E-state index >= 15 is 0 Å². The first-order valence-electron chi connectivity index (χ1n) is 5.83.